The van der Waals surface area contributed by atoms with Crippen LogP contribution in [0.5, 0.6) is 0 Å². The van der Waals surface area contributed by atoms with Crippen molar-refractivity contribution in [3.63, 3.8) is 0 Å². The third-order valence-corrected chi connectivity index (χ3v) is 6.36. The number of para-hydroxylation sites is 1. The second kappa shape index (κ2) is 12.1. The molecular formula is C29H31FN4O5. The van der Waals surface area contributed by atoms with E-state index in [2.05, 4.69) is 0 Å². The molecule has 0 saturated carbocycles. The Kier molecular flexibility index (Phi) is 8.68. The summed E-state index contributed by atoms with van der Waals surface area (Å²) in [7, 11) is 0. The van der Waals surface area contributed by atoms with Gasteiger partial charge in [-0.1, -0.05) is 44.2 Å². The van der Waals surface area contributed by atoms with Gasteiger partial charge in [0.25, 0.3) is 0 Å². The van der Waals surface area contributed by atoms with Gasteiger partial charge in [-0.15, -0.1) is 0 Å². The summed E-state index contributed by atoms with van der Waals surface area (Å²) in [5, 5.41) is 29.2. The van der Waals surface area contributed by atoms with Crippen LogP contribution < -0.4 is 9.80 Å². The van der Waals surface area contributed by atoms with Gasteiger partial charge in [0.2, 0.25) is 5.95 Å². The molecule has 10 heteroatoms. The van der Waals surface area contributed by atoms with Gasteiger partial charge in [0.05, 0.1) is 30.0 Å². The number of aliphatic carboxylic acids is 1. The van der Waals surface area contributed by atoms with Crippen LogP contribution in [-0.2, 0) is 4.79 Å². The highest BCUT2D eigenvalue weighted by atomic mass is 19.1. The van der Waals surface area contributed by atoms with Crippen LogP contribution in [0.15, 0.2) is 60.7 Å². The summed E-state index contributed by atoms with van der Waals surface area (Å²) in [5.41, 5.74) is 2.99. The number of rotatable bonds is 10. The standard InChI is InChI=1S/C29H31FN4O5/c1-18(2)26-24(13-12-22(35)16-23(36)17-25(37)38)27(19-8-10-20(30)11-9-19)32-28(31-26)34-15-14-33(29(34)39)21-6-4-3-5-7-21/h3-13,18,22-23,35-36H,14-17H2,1-2H3,(H,37,38)/t22-,23-/m1/s1. The molecule has 2 atom stereocenters. The third-order valence-electron chi connectivity index (χ3n) is 6.36. The van der Waals surface area contributed by atoms with Crippen LogP contribution >= 0.6 is 0 Å². The van der Waals surface area contributed by atoms with Gasteiger partial charge >= 0.3 is 12.0 Å². The van der Waals surface area contributed by atoms with E-state index in [0.29, 0.717) is 35.6 Å². The van der Waals surface area contributed by atoms with Crippen molar-refractivity contribution in [2.45, 2.75) is 44.8 Å². The molecule has 3 aromatic rings. The van der Waals surface area contributed by atoms with Crippen molar-refractivity contribution >= 4 is 29.7 Å². The summed E-state index contributed by atoms with van der Waals surface area (Å²) in [6, 6.07) is 14.9. The molecule has 39 heavy (non-hydrogen) atoms. The van der Waals surface area contributed by atoms with Crippen LogP contribution in [-0.4, -0.2) is 62.6 Å². The van der Waals surface area contributed by atoms with Gasteiger partial charge in [0.15, 0.2) is 0 Å². The zero-order valence-corrected chi connectivity index (χ0v) is 21.7. The highest BCUT2D eigenvalue weighted by Gasteiger charge is 2.33. The monoisotopic (exact) mass is 534 g/mol. The lowest BCUT2D eigenvalue weighted by Crippen LogP contribution is -2.33. The molecule has 0 aliphatic carbocycles. The normalized spacial score (nSPS) is 15.4. The zero-order chi connectivity index (χ0) is 28.1. The van der Waals surface area contributed by atoms with E-state index in [4.69, 9.17) is 15.1 Å². The van der Waals surface area contributed by atoms with Crippen LogP contribution in [0.25, 0.3) is 17.3 Å². The van der Waals surface area contributed by atoms with E-state index < -0.39 is 30.4 Å². The van der Waals surface area contributed by atoms with Gasteiger partial charge in [0, 0.05) is 36.3 Å². The van der Waals surface area contributed by atoms with Crippen molar-refractivity contribution < 1.29 is 29.3 Å². The average molecular weight is 535 g/mol. The maximum Gasteiger partial charge on any atom is 0.331 e. The Bertz CT molecular complexity index is 1350. The average Bonchev–Trinajstić information content (AvgIpc) is 3.28. The molecule has 1 aromatic heterocycles. The van der Waals surface area contributed by atoms with E-state index in [1.54, 1.807) is 23.1 Å². The number of nitrogens with zero attached hydrogens (tertiary/aromatic N) is 4. The largest absolute Gasteiger partial charge is 0.481 e. The quantitative estimate of drug-likeness (QED) is 0.351. The summed E-state index contributed by atoms with van der Waals surface area (Å²) in [6.45, 7) is 4.71. The maximum absolute atomic E-state index is 13.8. The van der Waals surface area contributed by atoms with Crippen molar-refractivity contribution in [1.29, 1.82) is 0 Å². The Labute approximate surface area is 225 Å². The van der Waals surface area contributed by atoms with Crippen molar-refractivity contribution in [2.24, 2.45) is 0 Å². The molecule has 3 N–H and O–H groups in total. The molecule has 9 nitrogen and oxygen atoms in total. The number of carbonyl (C=O) groups is 2. The van der Waals surface area contributed by atoms with Gasteiger partial charge in [-0.25, -0.2) is 19.2 Å². The lowest BCUT2D eigenvalue weighted by atomic mass is 9.97. The molecule has 1 aliphatic heterocycles. The van der Waals surface area contributed by atoms with Crippen LogP contribution in [0.4, 0.5) is 20.8 Å². The van der Waals surface area contributed by atoms with E-state index in [0.717, 1.165) is 5.69 Å². The van der Waals surface area contributed by atoms with Crippen molar-refractivity contribution in [2.75, 3.05) is 22.9 Å². The van der Waals surface area contributed by atoms with Gasteiger partial charge in [-0.05, 0) is 42.3 Å². The predicted molar refractivity (Wildman–Crippen MR) is 146 cm³/mol. The third kappa shape index (κ3) is 6.65. The van der Waals surface area contributed by atoms with Crippen molar-refractivity contribution in [1.82, 2.24) is 9.97 Å². The van der Waals surface area contributed by atoms with Crippen LogP contribution in [0.2, 0.25) is 0 Å². The second-order valence-electron chi connectivity index (χ2n) is 9.67. The smallest absolute Gasteiger partial charge is 0.331 e. The molecule has 0 unspecified atom stereocenters. The Morgan fingerprint density at radius 3 is 2.33 bits per heavy atom. The molecule has 1 aliphatic rings. The van der Waals surface area contributed by atoms with Crippen LogP contribution in [0.1, 0.15) is 43.9 Å². The zero-order valence-electron chi connectivity index (χ0n) is 21.7. The highest BCUT2D eigenvalue weighted by molar-refractivity contribution is 6.05. The van der Waals surface area contributed by atoms with Gasteiger partial charge in [-0.3, -0.25) is 14.6 Å². The molecule has 0 spiro atoms. The number of benzene rings is 2. The van der Waals surface area contributed by atoms with E-state index in [1.807, 2.05) is 44.2 Å². The van der Waals surface area contributed by atoms with Crippen LogP contribution in [0, 0.1) is 5.82 Å². The van der Waals surface area contributed by atoms with Gasteiger partial charge in [-0.2, -0.15) is 0 Å². The van der Waals surface area contributed by atoms with E-state index >= 15 is 0 Å². The number of hydrogen-bond acceptors (Lipinski definition) is 6. The molecule has 2 aromatic carbocycles. The molecule has 2 heterocycles. The minimum atomic E-state index is -1.21. The summed E-state index contributed by atoms with van der Waals surface area (Å²) in [4.78, 5) is 36.9. The molecule has 4 rings (SSSR count). The lowest BCUT2D eigenvalue weighted by Gasteiger charge is -2.21. The molecule has 204 valence electrons. The Morgan fingerprint density at radius 1 is 1.03 bits per heavy atom. The number of aliphatic hydroxyl groups is 2. The number of carbonyl (C=O) groups excluding carboxylic acids is 1. The first-order valence-electron chi connectivity index (χ1n) is 12.7. The number of anilines is 2. The van der Waals surface area contributed by atoms with E-state index in [1.165, 1.54) is 23.1 Å². The Hall–Kier alpha value is -4.15. The van der Waals surface area contributed by atoms with Gasteiger partial charge < -0.3 is 15.3 Å². The molecule has 1 fully saturated rings. The number of carboxylic acids is 1. The minimum absolute atomic E-state index is 0.108. The Morgan fingerprint density at radius 2 is 1.69 bits per heavy atom. The predicted octanol–water partition coefficient (Wildman–Crippen LogP) is 4.45. The summed E-state index contributed by atoms with van der Waals surface area (Å²) in [6.07, 6.45) is 0.0844. The summed E-state index contributed by atoms with van der Waals surface area (Å²) in [5.74, 6) is -1.46. The number of amides is 2. The fourth-order valence-corrected chi connectivity index (χ4v) is 4.45. The SMILES string of the molecule is CC(C)c1nc(N2CCN(c3ccccc3)C2=O)nc(-c2ccc(F)cc2)c1C=C[C@@H](O)C[C@@H](O)CC(=O)O. The van der Waals surface area contributed by atoms with E-state index in [-0.39, 0.29) is 24.3 Å². The van der Waals surface area contributed by atoms with Crippen molar-refractivity contribution in [3.8, 4) is 11.3 Å². The summed E-state index contributed by atoms with van der Waals surface area (Å²) >= 11 is 0. The number of urea groups is 1. The fraction of sp³-hybridized carbons (Fsp3) is 0.310. The number of aromatic nitrogens is 2. The molecule has 0 bridgehead atoms. The maximum atomic E-state index is 13.8. The first kappa shape index (κ1) is 27.9. The molecular weight excluding hydrogens is 503 g/mol. The van der Waals surface area contributed by atoms with E-state index in [9.17, 15) is 24.2 Å². The lowest BCUT2D eigenvalue weighted by molar-refractivity contribution is -0.139. The highest BCUT2D eigenvalue weighted by Crippen LogP contribution is 2.33. The Balaban J connectivity index is 1.74. The number of carboxylic acid groups (broad SMARTS) is 1. The van der Waals surface area contributed by atoms with Crippen LogP contribution in [0.3, 0.4) is 0 Å². The first-order chi connectivity index (χ1) is 18.6. The van der Waals surface area contributed by atoms with Gasteiger partial charge in [0.1, 0.15) is 5.82 Å². The number of hydrogen-bond donors (Lipinski definition) is 3. The number of halogens is 1. The van der Waals surface area contributed by atoms with Crippen molar-refractivity contribution in [3.05, 3.63) is 77.7 Å². The second-order valence-corrected chi connectivity index (χ2v) is 9.67. The molecule has 0 radical (unpaired) electrons. The topological polar surface area (TPSA) is 127 Å². The minimum Gasteiger partial charge on any atom is -0.481 e. The first-order valence-corrected chi connectivity index (χ1v) is 12.7. The fourth-order valence-electron chi connectivity index (χ4n) is 4.45. The molecule has 1 saturated heterocycles. The summed E-state index contributed by atoms with van der Waals surface area (Å²) < 4.78 is 13.8. The number of aliphatic hydroxyl groups excluding tert-OH is 2. The molecule has 2 amide bonds.